The summed E-state index contributed by atoms with van der Waals surface area (Å²) in [6.07, 6.45) is 2.07. The summed E-state index contributed by atoms with van der Waals surface area (Å²) >= 11 is 0. The van der Waals surface area contributed by atoms with Crippen molar-refractivity contribution in [2.45, 2.75) is 44.6 Å². The molecule has 0 bridgehead atoms. The molecule has 3 rings (SSSR count). The molecule has 0 saturated heterocycles. The average molecular weight is 441 g/mol. The maximum Gasteiger partial charge on any atom is 0.315 e. The van der Waals surface area contributed by atoms with E-state index in [-0.39, 0.29) is 24.0 Å². The van der Waals surface area contributed by atoms with Crippen molar-refractivity contribution in [3.8, 4) is 0 Å². The van der Waals surface area contributed by atoms with Crippen LogP contribution in [0.2, 0.25) is 0 Å². The first-order valence-electron chi connectivity index (χ1n) is 10.9. The van der Waals surface area contributed by atoms with E-state index >= 15 is 0 Å². The number of benzene rings is 3. The molecule has 0 spiro atoms. The molecule has 3 aromatic carbocycles. The lowest BCUT2D eigenvalue weighted by atomic mass is 10.0. The van der Waals surface area contributed by atoms with Crippen molar-refractivity contribution in [3.05, 3.63) is 60.2 Å². The lowest BCUT2D eigenvalue weighted by Crippen LogP contribution is -2.33. The highest BCUT2D eigenvalue weighted by atomic mass is 31.1. The molecule has 0 aliphatic rings. The summed E-state index contributed by atoms with van der Waals surface area (Å²) in [4.78, 5) is 12.4. The van der Waals surface area contributed by atoms with Crippen LogP contribution < -0.4 is 0 Å². The van der Waals surface area contributed by atoms with Crippen molar-refractivity contribution in [2.75, 3.05) is 27.0 Å². The number of carbonyl (C=O) groups excluding carboxylic acids is 1. The molecule has 31 heavy (non-hydrogen) atoms. The van der Waals surface area contributed by atoms with Crippen molar-refractivity contribution < 1.29 is 19.0 Å². The van der Waals surface area contributed by atoms with E-state index < -0.39 is 0 Å². The second-order valence-corrected chi connectivity index (χ2v) is 9.69. The molecular weight excluding hydrogens is 407 g/mol. The summed E-state index contributed by atoms with van der Waals surface area (Å²) in [6, 6.07) is 19.3. The van der Waals surface area contributed by atoms with E-state index in [0.717, 1.165) is 18.4 Å². The Morgan fingerprint density at radius 3 is 2.32 bits per heavy atom. The summed E-state index contributed by atoms with van der Waals surface area (Å²) < 4.78 is 16.8. The summed E-state index contributed by atoms with van der Waals surface area (Å²) in [5.74, 6) is -0.130. The third-order valence-corrected chi connectivity index (χ3v) is 7.36. The van der Waals surface area contributed by atoms with Crippen LogP contribution in [-0.4, -0.2) is 44.4 Å². The standard InChI is InChI=1S/C26H33O4P/c1-5-12-26(2,31-4)25(27)30-14-13-29-24(28-3)16-19-10-11-22-17-20-8-6-7-9-21(20)18-23(22)15-19/h6-11,15,17-18,24,31H,5,12-14,16H2,1-4H3. The second-order valence-electron chi connectivity index (χ2n) is 8.09. The Kier molecular flexibility index (Phi) is 8.43. The molecule has 0 aromatic heterocycles. The molecule has 0 heterocycles. The SMILES string of the molecule is CCCC(C)(PC)C(=O)OCCOC(Cc1ccc2cc3ccccc3cc2c1)OC. The van der Waals surface area contributed by atoms with Crippen LogP contribution in [0.5, 0.6) is 0 Å². The number of carbonyl (C=O) groups is 1. The summed E-state index contributed by atoms with van der Waals surface area (Å²) in [5.41, 5.74) is 1.15. The van der Waals surface area contributed by atoms with Crippen molar-refractivity contribution in [1.82, 2.24) is 0 Å². The molecule has 0 radical (unpaired) electrons. The van der Waals surface area contributed by atoms with Crippen molar-refractivity contribution in [1.29, 1.82) is 0 Å². The van der Waals surface area contributed by atoms with E-state index in [0.29, 0.717) is 21.6 Å². The predicted molar refractivity (Wildman–Crippen MR) is 130 cm³/mol. The van der Waals surface area contributed by atoms with Gasteiger partial charge < -0.3 is 14.2 Å². The number of esters is 1. The number of hydrogen-bond acceptors (Lipinski definition) is 4. The highest BCUT2D eigenvalue weighted by Gasteiger charge is 2.32. The maximum atomic E-state index is 12.4. The molecule has 0 saturated carbocycles. The Labute approximate surface area is 187 Å². The lowest BCUT2D eigenvalue weighted by molar-refractivity contribution is -0.157. The Bertz CT molecular complexity index is 1020. The first kappa shape index (κ1) is 23.7. The van der Waals surface area contributed by atoms with Crippen molar-refractivity contribution in [2.24, 2.45) is 0 Å². The van der Waals surface area contributed by atoms with Crippen molar-refractivity contribution >= 4 is 36.1 Å². The van der Waals surface area contributed by atoms with Gasteiger partial charge in [-0.1, -0.05) is 55.8 Å². The molecule has 3 unspecified atom stereocenters. The average Bonchev–Trinajstić information content (AvgIpc) is 2.79. The minimum absolute atomic E-state index is 0.130. The topological polar surface area (TPSA) is 44.8 Å². The van der Waals surface area contributed by atoms with Gasteiger partial charge in [0.25, 0.3) is 0 Å². The minimum atomic E-state index is -0.384. The van der Waals surface area contributed by atoms with E-state index in [2.05, 4.69) is 68.2 Å². The van der Waals surface area contributed by atoms with Gasteiger partial charge in [0.15, 0.2) is 6.29 Å². The molecule has 5 heteroatoms. The van der Waals surface area contributed by atoms with E-state index in [9.17, 15) is 4.79 Å². The molecule has 0 N–H and O–H groups in total. The normalized spacial score (nSPS) is 14.8. The van der Waals surface area contributed by atoms with Gasteiger partial charge >= 0.3 is 5.97 Å². The van der Waals surface area contributed by atoms with E-state index in [1.54, 1.807) is 7.11 Å². The Morgan fingerprint density at radius 1 is 1.00 bits per heavy atom. The van der Waals surface area contributed by atoms with Crippen LogP contribution in [0, 0.1) is 0 Å². The monoisotopic (exact) mass is 440 g/mol. The van der Waals surface area contributed by atoms with Gasteiger partial charge in [0, 0.05) is 13.5 Å². The van der Waals surface area contributed by atoms with Crippen LogP contribution in [0.1, 0.15) is 32.3 Å². The highest BCUT2D eigenvalue weighted by Crippen LogP contribution is 2.34. The number of rotatable bonds is 11. The van der Waals surface area contributed by atoms with E-state index in [1.165, 1.54) is 21.5 Å². The van der Waals surface area contributed by atoms with Gasteiger partial charge in [-0.2, -0.15) is 0 Å². The summed E-state index contributed by atoms with van der Waals surface area (Å²) in [5, 5.41) is 4.52. The van der Waals surface area contributed by atoms with Crippen LogP contribution >= 0.6 is 8.58 Å². The van der Waals surface area contributed by atoms with Crippen LogP contribution in [0.15, 0.2) is 54.6 Å². The summed E-state index contributed by atoms with van der Waals surface area (Å²) in [7, 11) is 2.16. The van der Waals surface area contributed by atoms with Gasteiger partial charge in [-0.25, -0.2) is 0 Å². The van der Waals surface area contributed by atoms with Crippen LogP contribution in [0.3, 0.4) is 0 Å². The fourth-order valence-electron chi connectivity index (χ4n) is 3.82. The first-order valence-corrected chi connectivity index (χ1v) is 12.4. The molecular formula is C26H33O4P. The molecule has 0 aliphatic carbocycles. The molecule has 4 nitrogen and oxygen atoms in total. The Hall–Kier alpha value is -2.00. The van der Waals surface area contributed by atoms with Crippen LogP contribution in [0.4, 0.5) is 0 Å². The van der Waals surface area contributed by atoms with Crippen LogP contribution in [-0.2, 0) is 25.4 Å². The minimum Gasteiger partial charge on any atom is -0.463 e. The lowest BCUT2D eigenvalue weighted by Gasteiger charge is -2.25. The Morgan fingerprint density at radius 2 is 1.68 bits per heavy atom. The predicted octanol–water partition coefficient (Wildman–Crippen LogP) is 5.93. The molecule has 3 aromatic rings. The number of fused-ring (bicyclic) bond motifs is 2. The molecule has 166 valence electrons. The number of hydrogen-bond donors (Lipinski definition) is 0. The van der Waals surface area contributed by atoms with E-state index in [4.69, 9.17) is 14.2 Å². The number of ether oxygens (including phenoxy) is 3. The first-order chi connectivity index (χ1) is 15.0. The maximum absolute atomic E-state index is 12.4. The zero-order valence-corrected chi connectivity index (χ0v) is 19.9. The molecule has 0 fully saturated rings. The zero-order valence-electron chi connectivity index (χ0n) is 18.9. The Balaban J connectivity index is 1.56. The summed E-state index contributed by atoms with van der Waals surface area (Å²) in [6.45, 7) is 6.69. The quantitative estimate of drug-likeness (QED) is 0.122. The van der Waals surface area contributed by atoms with Crippen molar-refractivity contribution in [3.63, 3.8) is 0 Å². The molecule has 0 aliphatic heterocycles. The fourth-order valence-corrected chi connectivity index (χ4v) is 4.60. The largest absolute Gasteiger partial charge is 0.463 e. The third kappa shape index (κ3) is 6.04. The highest BCUT2D eigenvalue weighted by molar-refractivity contribution is 7.40. The fraction of sp³-hybridized carbons (Fsp3) is 0.423. The van der Waals surface area contributed by atoms with Gasteiger partial charge in [-0.05, 0) is 59.3 Å². The molecule has 0 amide bonds. The van der Waals surface area contributed by atoms with Gasteiger partial charge in [0.05, 0.1) is 11.8 Å². The van der Waals surface area contributed by atoms with Gasteiger partial charge in [-0.3, -0.25) is 4.79 Å². The number of methoxy groups -OCH3 is 1. The van der Waals surface area contributed by atoms with Gasteiger partial charge in [-0.15, -0.1) is 8.58 Å². The van der Waals surface area contributed by atoms with Crippen LogP contribution in [0.25, 0.3) is 21.5 Å². The van der Waals surface area contributed by atoms with Gasteiger partial charge in [0.2, 0.25) is 0 Å². The third-order valence-electron chi connectivity index (χ3n) is 5.81. The smallest absolute Gasteiger partial charge is 0.315 e. The zero-order chi connectivity index (χ0) is 22.3. The molecule has 3 atom stereocenters. The van der Waals surface area contributed by atoms with Gasteiger partial charge in [0.1, 0.15) is 6.61 Å². The second kappa shape index (κ2) is 11.0. The van der Waals surface area contributed by atoms with E-state index in [1.807, 2.05) is 6.92 Å².